The Morgan fingerprint density at radius 1 is 0.784 bits per heavy atom. The van der Waals surface area contributed by atoms with E-state index in [1.807, 2.05) is 20.8 Å². The van der Waals surface area contributed by atoms with E-state index in [9.17, 15) is 4.79 Å². The number of carbonyl (C=O) groups excluding carboxylic acids is 1. The van der Waals surface area contributed by atoms with Gasteiger partial charge in [0.1, 0.15) is 5.60 Å². The highest BCUT2D eigenvalue weighted by Gasteiger charge is 2.18. The molecule has 1 unspecified atom stereocenters. The normalized spacial score (nSPS) is 12.0. The number of anilines is 3. The monoisotopic (exact) mass is 502 g/mol. The molecule has 1 amide bonds. The van der Waals surface area contributed by atoms with Crippen molar-refractivity contribution in [2.24, 2.45) is 0 Å². The molecule has 0 aliphatic rings. The van der Waals surface area contributed by atoms with E-state index in [1.165, 1.54) is 28.1 Å². The van der Waals surface area contributed by atoms with Crippen molar-refractivity contribution in [3.8, 4) is 0 Å². The highest BCUT2D eigenvalue weighted by atomic mass is 16.6. The summed E-state index contributed by atoms with van der Waals surface area (Å²) < 4.78 is 5.28. The first kappa shape index (κ1) is 27.9. The summed E-state index contributed by atoms with van der Waals surface area (Å²) in [7, 11) is 6.23. The lowest BCUT2D eigenvalue weighted by Crippen LogP contribution is -2.34. The molecule has 2 N–H and O–H groups in total. The molecule has 0 radical (unpaired) electrons. The standard InChI is InChI=1S/C31H42N4O2/c1-8-35(7)28-19-13-25(14-20-28)29(24-11-17-27(18-12-24)34(5)6)23-9-15-26(16-10-23)32-21-22-33-30(36)37-31(2,3)4/h9-20,29,32H,8,21-22H2,1-7H3,(H,33,36). The highest BCUT2D eigenvalue weighted by Crippen LogP contribution is 2.34. The van der Waals surface area contributed by atoms with Crippen molar-refractivity contribution in [2.75, 3.05) is 55.9 Å². The minimum absolute atomic E-state index is 0.125. The second-order valence-electron chi connectivity index (χ2n) is 10.5. The Labute approximate surface area is 222 Å². The summed E-state index contributed by atoms with van der Waals surface area (Å²) >= 11 is 0. The van der Waals surface area contributed by atoms with E-state index in [4.69, 9.17) is 4.74 Å². The maximum absolute atomic E-state index is 11.8. The van der Waals surface area contributed by atoms with Crippen LogP contribution in [0.3, 0.4) is 0 Å². The molecule has 0 heterocycles. The Bertz CT molecular complexity index is 1120. The van der Waals surface area contributed by atoms with Gasteiger partial charge < -0.3 is 25.2 Å². The molecule has 0 aliphatic carbocycles. The van der Waals surface area contributed by atoms with Crippen LogP contribution < -0.4 is 20.4 Å². The molecule has 0 aliphatic heterocycles. The number of carbonyl (C=O) groups is 1. The molecule has 0 saturated carbocycles. The minimum Gasteiger partial charge on any atom is -0.444 e. The predicted octanol–water partition coefficient (Wildman–Crippen LogP) is 6.33. The van der Waals surface area contributed by atoms with Crippen LogP contribution in [0.25, 0.3) is 0 Å². The zero-order valence-corrected chi connectivity index (χ0v) is 23.3. The van der Waals surface area contributed by atoms with Crippen LogP contribution in [0.2, 0.25) is 0 Å². The van der Waals surface area contributed by atoms with Crippen molar-refractivity contribution in [1.29, 1.82) is 0 Å². The Balaban J connectivity index is 1.75. The lowest BCUT2D eigenvalue weighted by atomic mass is 9.85. The molecule has 0 bridgehead atoms. The second kappa shape index (κ2) is 12.5. The Morgan fingerprint density at radius 3 is 1.73 bits per heavy atom. The third-order valence-corrected chi connectivity index (χ3v) is 6.25. The minimum atomic E-state index is -0.497. The van der Waals surface area contributed by atoms with Crippen LogP contribution >= 0.6 is 0 Å². The zero-order chi connectivity index (χ0) is 27.0. The van der Waals surface area contributed by atoms with Gasteiger partial charge in [0.05, 0.1) is 0 Å². The first-order valence-electron chi connectivity index (χ1n) is 13.0. The molecule has 198 valence electrons. The number of hydrogen-bond donors (Lipinski definition) is 2. The summed E-state index contributed by atoms with van der Waals surface area (Å²) in [4.78, 5) is 16.2. The van der Waals surface area contributed by atoms with Gasteiger partial charge in [-0.2, -0.15) is 0 Å². The quantitative estimate of drug-likeness (QED) is 0.251. The van der Waals surface area contributed by atoms with Gasteiger partial charge >= 0.3 is 6.09 Å². The third-order valence-electron chi connectivity index (χ3n) is 6.25. The Hall–Kier alpha value is -3.67. The van der Waals surface area contributed by atoms with E-state index < -0.39 is 11.7 Å². The van der Waals surface area contributed by atoms with Crippen LogP contribution in [-0.4, -0.2) is 52.5 Å². The molecule has 0 aromatic heterocycles. The summed E-state index contributed by atoms with van der Waals surface area (Å²) in [5, 5.41) is 6.15. The molecule has 0 spiro atoms. The van der Waals surface area contributed by atoms with Gasteiger partial charge in [0.25, 0.3) is 0 Å². The van der Waals surface area contributed by atoms with Crippen LogP contribution in [0, 0.1) is 0 Å². The fourth-order valence-corrected chi connectivity index (χ4v) is 4.13. The number of hydrogen-bond acceptors (Lipinski definition) is 5. The number of nitrogens with one attached hydrogen (secondary N) is 2. The van der Waals surface area contributed by atoms with Crippen molar-refractivity contribution in [2.45, 2.75) is 39.2 Å². The number of amides is 1. The topological polar surface area (TPSA) is 56.8 Å². The van der Waals surface area contributed by atoms with E-state index in [-0.39, 0.29) is 5.92 Å². The molecule has 3 rings (SSSR count). The molecule has 6 nitrogen and oxygen atoms in total. The van der Waals surface area contributed by atoms with Crippen molar-refractivity contribution < 1.29 is 9.53 Å². The van der Waals surface area contributed by atoms with Crippen LogP contribution in [0.5, 0.6) is 0 Å². The summed E-state index contributed by atoms with van der Waals surface area (Å²) in [6, 6.07) is 26.2. The summed E-state index contributed by atoms with van der Waals surface area (Å²) in [5.74, 6) is 0.125. The Morgan fingerprint density at radius 2 is 1.27 bits per heavy atom. The largest absolute Gasteiger partial charge is 0.444 e. The van der Waals surface area contributed by atoms with Gasteiger partial charge in [0.15, 0.2) is 0 Å². The maximum Gasteiger partial charge on any atom is 0.407 e. The van der Waals surface area contributed by atoms with Crippen molar-refractivity contribution >= 4 is 23.2 Å². The van der Waals surface area contributed by atoms with Crippen LogP contribution in [0.1, 0.15) is 50.3 Å². The van der Waals surface area contributed by atoms with Gasteiger partial charge in [-0.15, -0.1) is 0 Å². The maximum atomic E-state index is 11.8. The lowest BCUT2D eigenvalue weighted by molar-refractivity contribution is 0.0530. The van der Waals surface area contributed by atoms with E-state index in [1.54, 1.807) is 0 Å². The predicted molar refractivity (Wildman–Crippen MR) is 156 cm³/mol. The molecular weight excluding hydrogens is 460 g/mol. The lowest BCUT2D eigenvalue weighted by Gasteiger charge is -2.22. The third kappa shape index (κ3) is 8.17. The first-order chi connectivity index (χ1) is 17.6. The molecule has 0 fully saturated rings. The van der Waals surface area contributed by atoms with Crippen molar-refractivity contribution in [3.05, 3.63) is 89.5 Å². The summed E-state index contributed by atoms with van der Waals surface area (Å²) in [6.07, 6.45) is -0.399. The molecule has 1 atom stereocenters. The molecule has 3 aromatic carbocycles. The van der Waals surface area contributed by atoms with E-state index in [0.29, 0.717) is 13.1 Å². The number of alkyl carbamates (subject to hydrolysis) is 1. The van der Waals surface area contributed by atoms with E-state index in [2.05, 4.69) is 121 Å². The van der Waals surface area contributed by atoms with Crippen LogP contribution in [-0.2, 0) is 4.74 Å². The molecule has 6 heteroatoms. The average Bonchev–Trinajstić information content (AvgIpc) is 2.87. The van der Waals surface area contributed by atoms with Crippen LogP contribution in [0.15, 0.2) is 72.8 Å². The second-order valence-corrected chi connectivity index (χ2v) is 10.5. The number of nitrogens with zero attached hydrogens (tertiary/aromatic N) is 2. The fourth-order valence-electron chi connectivity index (χ4n) is 4.13. The van der Waals surface area contributed by atoms with E-state index >= 15 is 0 Å². The summed E-state index contributed by atoms with van der Waals surface area (Å²) in [5.41, 5.74) is 6.65. The molecule has 3 aromatic rings. The SMILES string of the molecule is CCN(C)c1ccc(C(c2ccc(NCCNC(=O)OC(C)(C)C)cc2)c2ccc(N(C)C)cc2)cc1. The zero-order valence-electron chi connectivity index (χ0n) is 23.3. The van der Waals surface area contributed by atoms with Crippen LogP contribution in [0.4, 0.5) is 21.9 Å². The molecule has 0 saturated heterocycles. The van der Waals surface area contributed by atoms with Crippen molar-refractivity contribution in [1.82, 2.24) is 5.32 Å². The van der Waals surface area contributed by atoms with Gasteiger partial charge in [-0.3, -0.25) is 0 Å². The van der Waals surface area contributed by atoms with Gasteiger partial charge in [-0.05, 0) is 80.8 Å². The first-order valence-corrected chi connectivity index (χ1v) is 13.0. The van der Waals surface area contributed by atoms with Gasteiger partial charge in [-0.1, -0.05) is 36.4 Å². The smallest absolute Gasteiger partial charge is 0.407 e. The molecular formula is C31H42N4O2. The fraction of sp³-hybridized carbons (Fsp3) is 0.387. The van der Waals surface area contributed by atoms with E-state index in [0.717, 1.165) is 12.2 Å². The van der Waals surface area contributed by atoms with Gasteiger partial charge in [0.2, 0.25) is 0 Å². The molecule has 37 heavy (non-hydrogen) atoms. The highest BCUT2D eigenvalue weighted by molar-refractivity contribution is 5.67. The van der Waals surface area contributed by atoms with Crippen molar-refractivity contribution in [3.63, 3.8) is 0 Å². The van der Waals surface area contributed by atoms with Gasteiger partial charge in [0, 0.05) is 63.8 Å². The average molecular weight is 503 g/mol. The Kier molecular flexibility index (Phi) is 9.45. The number of ether oxygens (including phenoxy) is 1. The van der Waals surface area contributed by atoms with Gasteiger partial charge in [-0.25, -0.2) is 4.79 Å². The number of rotatable bonds is 10. The number of benzene rings is 3. The summed E-state index contributed by atoms with van der Waals surface area (Å²) in [6.45, 7) is 9.79.